The molecule has 1 aromatic carbocycles. The number of phenolic OH excluding ortho intramolecular Hbond substituents is 1. The number of carbonyl (C=O) groups excluding carboxylic acids is 1. The third-order valence-corrected chi connectivity index (χ3v) is 7.76. The summed E-state index contributed by atoms with van der Waals surface area (Å²) in [5, 5.41) is 24.2. The van der Waals surface area contributed by atoms with Crippen LogP contribution in [0, 0.1) is 0 Å². The number of benzene rings is 1. The lowest BCUT2D eigenvalue weighted by molar-refractivity contribution is -0.136. The molecule has 2 spiro atoms. The third kappa shape index (κ3) is 1.44. The fourth-order valence-corrected chi connectivity index (χ4v) is 7.11. The highest BCUT2D eigenvalue weighted by Crippen LogP contribution is 2.68. The van der Waals surface area contributed by atoms with Gasteiger partial charge >= 0.3 is 0 Å². The average molecular weight is 356 g/mol. The first kappa shape index (κ1) is 15.4. The Balaban J connectivity index is 1.61. The predicted octanol–water partition coefficient (Wildman–Crippen LogP) is 0.823. The second kappa shape index (κ2) is 4.61. The van der Waals surface area contributed by atoms with Gasteiger partial charge < -0.3 is 14.9 Å². The van der Waals surface area contributed by atoms with Gasteiger partial charge in [0.05, 0.1) is 23.2 Å². The number of aliphatic hydroxyl groups excluding tert-OH is 1. The van der Waals surface area contributed by atoms with Gasteiger partial charge in [0.1, 0.15) is 0 Å². The minimum Gasteiger partial charge on any atom is -0.504 e. The summed E-state index contributed by atoms with van der Waals surface area (Å²) in [5.74, 6) is 0.860. The quantitative estimate of drug-likeness (QED) is 0.728. The molecule has 2 saturated heterocycles. The van der Waals surface area contributed by atoms with Crippen LogP contribution in [0.3, 0.4) is 0 Å². The molecule has 3 fully saturated rings. The van der Waals surface area contributed by atoms with Crippen molar-refractivity contribution in [3.05, 3.63) is 23.3 Å². The van der Waals surface area contributed by atoms with Gasteiger partial charge in [0.2, 0.25) is 0 Å². The molecule has 1 aromatic rings. The van der Waals surface area contributed by atoms with Gasteiger partial charge in [-0.3, -0.25) is 15.0 Å². The van der Waals surface area contributed by atoms with Gasteiger partial charge in [-0.05, 0) is 37.8 Å². The Morgan fingerprint density at radius 3 is 3.08 bits per heavy atom. The number of nitrogens with zero attached hydrogens (tertiary/aromatic N) is 1. The summed E-state index contributed by atoms with van der Waals surface area (Å²) in [6, 6.07) is 3.95. The minimum absolute atomic E-state index is 0.125. The fraction of sp³-hybridized carbons (Fsp3) is 0.650. The molecule has 0 amide bonds. The van der Waals surface area contributed by atoms with Gasteiger partial charge in [-0.25, -0.2) is 0 Å². The number of Topliss-reactive ketones (excluding diaryl/α,β-unsaturated/α-hetero) is 1. The van der Waals surface area contributed by atoms with Crippen molar-refractivity contribution in [2.75, 3.05) is 6.54 Å². The molecule has 6 rings (SSSR count). The summed E-state index contributed by atoms with van der Waals surface area (Å²) in [6.45, 7) is 2.73. The number of aromatic hydroxyl groups is 1. The maximum atomic E-state index is 12.9. The van der Waals surface area contributed by atoms with E-state index in [0.29, 0.717) is 18.6 Å². The Hall–Kier alpha value is -1.63. The Labute approximate surface area is 152 Å². The van der Waals surface area contributed by atoms with Crippen LogP contribution >= 0.6 is 0 Å². The number of rotatable bonds is 2. The van der Waals surface area contributed by atoms with E-state index in [1.807, 2.05) is 13.0 Å². The highest BCUT2D eigenvalue weighted by molar-refractivity contribution is 5.90. The zero-order chi connectivity index (χ0) is 17.8. The van der Waals surface area contributed by atoms with Crippen molar-refractivity contribution >= 4 is 5.78 Å². The first-order chi connectivity index (χ1) is 12.5. The van der Waals surface area contributed by atoms with Crippen molar-refractivity contribution in [3.63, 3.8) is 0 Å². The highest BCUT2D eigenvalue weighted by atomic mass is 16.5. The molecule has 0 aromatic heterocycles. The van der Waals surface area contributed by atoms with E-state index in [0.717, 1.165) is 31.4 Å². The number of nitrogens with one attached hydrogen (secondary N) is 1. The molecule has 26 heavy (non-hydrogen) atoms. The summed E-state index contributed by atoms with van der Waals surface area (Å²) >= 11 is 0. The van der Waals surface area contributed by atoms with Crippen LogP contribution in [0.25, 0.3) is 0 Å². The number of hydrogen-bond acceptors (Lipinski definition) is 6. The van der Waals surface area contributed by atoms with E-state index in [2.05, 4.69) is 10.2 Å². The number of carbonyl (C=O) groups is 1. The molecule has 3 heterocycles. The summed E-state index contributed by atoms with van der Waals surface area (Å²) in [6.07, 6.45) is 3.05. The standard InChI is InChI=1S/C20H24N2O4/c1-10(23)8-15-21-14-9-11-2-3-12(24)17-16(11)19-6-7-22(15)20(14,19)5-4-13(25)18(19)26-17/h2-3,10,14-15,18,21,23-24H,4-9H2,1H3/t10-,14?,15-,18?,19-,20+/m0/s1. The van der Waals surface area contributed by atoms with E-state index in [-0.39, 0.29) is 40.8 Å². The van der Waals surface area contributed by atoms with Crippen LogP contribution in [-0.2, 0) is 16.6 Å². The van der Waals surface area contributed by atoms with E-state index < -0.39 is 6.10 Å². The van der Waals surface area contributed by atoms with Crippen LogP contribution in [-0.4, -0.2) is 57.4 Å². The van der Waals surface area contributed by atoms with Crippen molar-refractivity contribution in [2.24, 2.45) is 0 Å². The van der Waals surface area contributed by atoms with Crippen LogP contribution in [0.4, 0.5) is 0 Å². The molecule has 1 saturated carbocycles. The SMILES string of the molecule is C[C@H](O)C[C@H]1NC2Cc3ccc(O)c4c3[C@]35CCN1[C@]23CCC(=O)C5O4. The Morgan fingerprint density at radius 2 is 2.27 bits per heavy atom. The smallest absolute Gasteiger partial charge is 0.174 e. The number of ether oxygens (including phenoxy) is 1. The molecule has 138 valence electrons. The topological polar surface area (TPSA) is 82.0 Å². The van der Waals surface area contributed by atoms with Crippen molar-refractivity contribution in [2.45, 2.75) is 74.4 Å². The van der Waals surface area contributed by atoms with Crippen LogP contribution in [0.1, 0.15) is 43.7 Å². The van der Waals surface area contributed by atoms with Crippen molar-refractivity contribution in [1.29, 1.82) is 0 Å². The van der Waals surface area contributed by atoms with Gasteiger partial charge in [0.25, 0.3) is 0 Å². The molecule has 6 nitrogen and oxygen atoms in total. The number of phenols is 1. The van der Waals surface area contributed by atoms with Crippen LogP contribution in [0.15, 0.2) is 12.1 Å². The van der Waals surface area contributed by atoms with E-state index in [4.69, 9.17) is 4.74 Å². The Bertz CT molecular complexity index is 839. The summed E-state index contributed by atoms with van der Waals surface area (Å²) in [4.78, 5) is 15.4. The first-order valence-corrected chi connectivity index (χ1v) is 9.74. The summed E-state index contributed by atoms with van der Waals surface area (Å²) in [7, 11) is 0. The molecule has 3 N–H and O–H groups in total. The number of aliphatic hydroxyl groups is 1. The van der Waals surface area contributed by atoms with Gasteiger partial charge in [-0.1, -0.05) is 6.07 Å². The fourth-order valence-electron chi connectivity index (χ4n) is 7.11. The molecular formula is C20H24N2O4. The zero-order valence-corrected chi connectivity index (χ0v) is 14.9. The van der Waals surface area contributed by atoms with E-state index in [9.17, 15) is 15.0 Å². The summed E-state index contributed by atoms with van der Waals surface area (Å²) < 4.78 is 6.18. The molecule has 2 aliphatic carbocycles. The zero-order valence-electron chi connectivity index (χ0n) is 14.9. The highest BCUT2D eigenvalue weighted by Gasteiger charge is 2.77. The maximum absolute atomic E-state index is 12.9. The lowest BCUT2D eigenvalue weighted by Crippen LogP contribution is -2.70. The normalized spacial score (nSPS) is 43.2. The predicted molar refractivity (Wildman–Crippen MR) is 93.2 cm³/mol. The van der Waals surface area contributed by atoms with E-state index >= 15 is 0 Å². The van der Waals surface area contributed by atoms with Crippen molar-refractivity contribution in [3.8, 4) is 11.5 Å². The molecule has 0 radical (unpaired) electrons. The molecule has 6 heteroatoms. The van der Waals surface area contributed by atoms with Gasteiger partial charge in [0, 0.05) is 31.0 Å². The number of hydrogen-bond donors (Lipinski definition) is 3. The largest absolute Gasteiger partial charge is 0.504 e. The molecule has 2 unspecified atom stereocenters. The monoisotopic (exact) mass is 356 g/mol. The maximum Gasteiger partial charge on any atom is 0.174 e. The lowest BCUT2D eigenvalue weighted by Gasteiger charge is -2.55. The van der Waals surface area contributed by atoms with Gasteiger partial charge in [-0.2, -0.15) is 0 Å². The average Bonchev–Trinajstić information content (AvgIpc) is 3.22. The Morgan fingerprint density at radius 1 is 1.42 bits per heavy atom. The van der Waals surface area contributed by atoms with Crippen molar-refractivity contribution in [1.82, 2.24) is 10.2 Å². The van der Waals surface area contributed by atoms with Crippen LogP contribution in [0.2, 0.25) is 0 Å². The summed E-state index contributed by atoms with van der Waals surface area (Å²) in [5.41, 5.74) is 1.77. The Kier molecular flexibility index (Phi) is 2.74. The molecule has 6 atom stereocenters. The van der Waals surface area contributed by atoms with Crippen LogP contribution < -0.4 is 10.1 Å². The lowest BCUT2D eigenvalue weighted by atomic mass is 9.51. The van der Waals surface area contributed by atoms with Gasteiger partial charge in [-0.15, -0.1) is 0 Å². The van der Waals surface area contributed by atoms with E-state index in [1.54, 1.807) is 6.07 Å². The second-order valence-electron chi connectivity index (χ2n) is 8.78. The molecule has 0 bridgehead atoms. The second-order valence-corrected chi connectivity index (χ2v) is 8.78. The van der Waals surface area contributed by atoms with E-state index in [1.165, 1.54) is 5.56 Å². The van der Waals surface area contributed by atoms with Crippen molar-refractivity contribution < 1.29 is 19.7 Å². The molecule has 5 aliphatic rings. The minimum atomic E-state index is -0.488. The molecular weight excluding hydrogens is 332 g/mol. The first-order valence-electron chi connectivity index (χ1n) is 9.74. The molecule has 3 aliphatic heterocycles. The number of ketones is 1. The third-order valence-electron chi connectivity index (χ3n) is 7.76. The van der Waals surface area contributed by atoms with Crippen LogP contribution in [0.5, 0.6) is 11.5 Å². The van der Waals surface area contributed by atoms with Gasteiger partial charge in [0.15, 0.2) is 23.4 Å².